The summed E-state index contributed by atoms with van der Waals surface area (Å²) in [5, 5.41) is 3.74. The predicted molar refractivity (Wildman–Crippen MR) is 77.8 cm³/mol. The molecule has 0 aromatic heterocycles. The third kappa shape index (κ3) is 3.62. The van der Waals surface area contributed by atoms with E-state index >= 15 is 0 Å². The summed E-state index contributed by atoms with van der Waals surface area (Å²) in [6, 6.07) is 2.56. The number of hydrogen-bond donors (Lipinski definition) is 1. The molecule has 2 unspecified atom stereocenters. The predicted octanol–water partition coefficient (Wildman–Crippen LogP) is 2.73. The molecule has 2 fully saturated rings. The molecule has 2 rings (SSSR count). The molecule has 2 aliphatic heterocycles. The molecule has 0 amide bonds. The van der Waals surface area contributed by atoms with E-state index < -0.39 is 0 Å². The normalized spacial score (nSPS) is 33.9. The van der Waals surface area contributed by atoms with Crippen LogP contribution in [0.15, 0.2) is 0 Å². The summed E-state index contributed by atoms with van der Waals surface area (Å²) < 4.78 is 0. The van der Waals surface area contributed by atoms with E-state index in [2.05, 4.69) is 23.4 Å². The molecule has 2 saturated heterocycles. The number of thioether (sulfide) groups is 1. The van der Waals surface area contributed by atoms with E-state index in [4.69, 9.17) is 0 Å². The average molecular weight is 256 g/mol. The Labute approximate surface area is 111 Å². The monoisotopic (exact) mass is 256 g/mol. The molecule has 0 spiro atoms. The minimum absolute atomic E-state index is 0.802. The molecule has 100 valence electrons. The third-order valence-corrected chi connectivity index (χ3v) is 4.95. The minimum Gasteiger partial charge on any atom is -0.314 e. The second-order valence-corrected chi connectivity index (χ2v) is 6.58. The molecule has 2 bridgehead atoms. The Hall–Kier alpha value is 0.270. The fourth-order valence-electron chi connectivity index (χ4n) is 3.56. The summed E-state index contributed by atoms with van der Waals surface area (Å²) in [6.45, 7) is 4.79. The maximum atomic E-state index is 3.74. The zero-order valence-corrected chi connectivity index (χ0v) is 12.3. The number of hydrogen-bond acceptors (Lipinski definition) is 3. The van der Waals surface area contributed by atoms with Gasteiger partial charge in [-0.05, 0) is 44.9 Å². The van der Waals surface area contributed by atoms with E-state index in [1.807, 2.05) is 11.8 Å². The Kier molecular flexibility index (Phi) is 5.64. The van der Waals surface area contributed by atoms with Gasteiger partial charge in [0.1, 0.15) is 0 Å². The van der Waals surface area contributed by atoms with Crippen molar-refractivity contribution in [3.05, 3.63) is 0 Å². The van der Waals surface area contributed by atoms with E-state index in [-0.39, 0.29) is 0 Å². The first-order chi connectivity index (χ1) is 8.35. The van der Waals surface area contributed by atoms with Gasteiger partial charge in [0.05, 0.1) is 0 Å². The van der Waals surface area contributed by atoms with Gasteiger partial charge in [-0.25, -0.2) is 0 Å². The third-order valence-electron chi connectivity index (χ3n) is 4.36. The molecular weight excluding hydrogens is 228 g/mol. The van der Waals surface area contributed by atoms with Gasteiger partial charge in [0.15, 0.2) is 0 Å². The molecule has 0 saturated carbocycles. The first-order valence-corrected chi connectivity index (χ1v) is 8.72. The van der Waals surface area contributed by atoms with Crippen molar-refractivity contribution >= 4 is 11.8 Å². The lowest BCUT2D eigenvalue weighted by Crippen LogP contribution is -2.56. The van der Waals surface area contributed by atoms with Gasteiger partial charge in [-0.2, -0.15) is 11.8 Å². The van der Waals surface area contributed by atoms with Crippen LogP contribution in [0.3, 0.4) is 0 Å². The summed E-state index contributed by atoms with van der Waals surface area (Å²) in [5.74, 6) is 1.31. The SMILES string of the molecule is CCCNC1CC2CCCC(C1)N2CCSC. The molecule has 2 aliphatic rings. The second-order valence-electron chi connectivity index (χ2n) is 5.59. The highest BCUT2D eigenvalue weighted by molar-refractivity contribution is 7.98. The van der Waals surface area contributed by atoms with E-state index in [0.717, 1.165) is 18.1 Å². The standard InChI is InChI=1S/C14H28N2S/c1-3-7-15-12-10-13-5-4-6-14(11-12)16(13)8-9-17-2/h12-15H,3-11H2,1-2H3. The summed E-state index contributed by atoms with van der Waals surface area (Å²) >= 11 is 1.99. The van der Waals surface area contributed by atoms with Crippen molar-refractivity contribution in [2.24, 2.45) is 0 Å². The van der Waals surface area contributed by atoms with Gasteiger partial charge in [-0.1, -0.05) is 13.3 Å². The number of nitrogens with one attached hydrogen (secondary N) is 1. The van der Waals surface area contributed by atoms with Crippen LogP contribution in [0.25, 0.3) is 0 Å². The van der Waals surface area contributed by atoms with Crippen molar-refractivity contribution in [3.63, 3.8) is 0 Å². The zero-order chi connectivity index (χ0) is 12.1. The lowest BCUT2D eigenvalue weighted by atomic mass is 9.82. The van der Waals surface area contributed by atoms with Crippen molar-refractivity contribution in [3.8, 4) is 0 Å². The summed E-state index contributed by atoms with van der Waals surface area (Å²) in [7, 11) is 0. The van der Waals surface area contributed by atoms with Crippen LogP contribution in [0.2, 0.25) is 0 Å². The van der Waals surface area contributed by atoms with Gasteiger partial charge in [0.2, 0.25) is 0 Å². The first kappa shape index (κ1) is 13.7. The quantitative estimate of drug-likeness (QED) is 0.787. The molecule has 1 N–H and O–H groups in total. The van der Waals surface area contributed by atoms with E-state index in [0.29, 0.717) is 0 Å². The van der Waals surface area contributed by atoms with Crippen molar-refractivity contribution in [2.75, 3.05) is 25.1 Å². The van der Waals surface area contributed by atoms with Crippen molar-refractivity contribution in [1.29, 1.82) is 0 Å². The number of piperidine rings is 2. The highest BCUT2D eigenvalue weighted by Crippen LogP contribution is 2.33. The molecule has 0 aromatic rings. The van der Waals surface area contributed by atoms with Gasteiger partial charge in [-0.15, -0.1) is 0 Å². The van der Waals surface area contributed by atoms with Crippen LogP contribution >= 0.6 is 11.8 Å². The van der Waals surface area contributed by atoms with Gasteiger partial charge >= 0.3 is 0 Å². The van der Waals surface area contributed by atoms with Gasteiger partial charge in [0, 0.05) is 30.4 Å². The van der Waals surface area contributed by atoms with Crippen molar-refractivity contribution in [1.82, 2.24) is 10.2 Å². The first-order valence-electron chi connectivity index (χ1n) is 7.33. The Balaban J connectivity index is 1.86. The second kappa shape index (κ2) is 7.01. The van der Waals surface area contributed by atoms with Crippen LogP contribution in [0, 0.1) is 0 Å². The molecule has 3 heteroatoms. The van der Waals surface area contributed by atoms with E-state index in [1.165, 1.54) is 57.4 Å². The lowest BCUT2D eigenvalue weighted by Gasteiger charge is -2.49. The van der Waals surface area contributed by atoms with Gasteiger partial charge in [-0.3, -0.25) is 4.90 Å². The highest BCUT2D eigenvalue weighted by Gasteiger charge is 2.37. The largest absolute Gasteiger partial charge is 0.314 e. The summed E-state index contributed by atoms with van der Waals surface area (Å²) in [6.07, 6.45) is 10.6. The van der Waals surface area contributed by atoms with Gasteiger partial charge in [0.25, 0.3) is 0 Å². The van der Waals surface area contributed by atoms with Crippen molar-refractivity contribution in [2.45, 2.75) is 63.6 Å². The van der Waals surface area contributed by atoms with Crippen LogP contribution in [0.4, 0.5) is 0 Å². The maximum Gasteiger partial charge on any atom is 0.0113 e. The molecular formula is C14H28N2S. The number of fused-ring (bicyclic) bond motifs is 2. The van der Waals surface area contributed by atoms with Crippen LogP contribution < -0.4 is 5.32 Å². The zero-order valence-electron chi connectivity index (χ0n) is 11.5. The topological polar surface area (TPSA) is 15.3 Å². The Morgan fingerprint density at radius 2 is 1.94 bits per heavy atom. The molecule has 2 heterocycles. The highest BCUT2D eigenvalue weighted by atomic mass is 32.2. The van der Waals surface area contributed by atoms with E-state index in [1.54, 1.807) is 0 Å². The molecule has 2 nitrogen and oxygen atoms in total. The molecule has 0 aliphatic carbocycles. The lowest BCUT2D eigenvalue weighted by molar-refractivity contribution is 0.0304. The van der Waals surface area contributed by atoms with E-state index in [9.17, 15) is 0 Å². The number of nitrogens with zero attached hydrogens (tertiary/aromatic N) is 1. The van der Waals surface area contributed by atoms with Crippen LogP contribution in [-0.2, 0) is 0 Å². The average Bonchev–Trinajstić information content (AvgIpc) is 2.33. The summed E-state index contributed by atoms with van der Waals surface area (Å²) in [4.78, 5) is 2.82. The molecule has 0 aromatic carbocycles. The minimum atomic E-state index is 0.802. The van der Waals surface area contributed by atoms with Gasteiger partial charge < -0.3 is 5.32 Å². The molecule has 17 heavy (non-hydrogen) atoms. The molecule has 0 radical (unpaired) electrons. The summed E-state index contributed by atoms with van der Waals surface area (Å²) in [5.41, 5.74) is 0. The fourth-order valence-corrected chi connectivity index (χ4v) is 3.95. The Bertz CT molecular complexity index is 208. The molecule has 2 atom stereocenters. The van der Waals surface area contributed by atoms with Crippen LogP contribution in [0.1, 0.15) is 45.4 Å². The van der Waals surface area contributed by atoms with Crippen molar-refractivity contribution < 1.29 is 0 Å². The van der Waals surface area contributed by atoms with Crippen LogP contribution in [0.5, 0.6) is 0 Å². The fraction of sp³-hybridized carbons (Fsp3) is 1.00. The van der Waals surface area contributed by atoms with Crippen LogP contribution in [-0.4, -0.2) is 48.1 Å². The number of rotatable bonds is 6. The smallest absolute Gasteiger partial charge is 0.0113 e. The Morgan fingerprint density at radius 1 is 1.24 bits per heavy atom. The Morgan fingerprint density at radius 3 is 2.53 bits per heavy atom. The maximum absolute atomic E-state index is 3.74.